The van der Waals surface area contributed by atoms with Crippen LogP contribution in [0.25, 0.3) is 33.0 Å². The van der Waals surface area contributed by atoms with Crippen molar-refractivity contribution in [3.8, 4) is 22.3 Å². The van der Waals surface area contributed by atoms with Crippen LogP contribution >= 0.6 is 0 Å². The summed E-state index contributed by atoms with van der Waals surface area (Å²) in [6, 6.07) is 12.4. The number of nitrogens with zero attached hydrogens (tertiary/aromatic N) is 5. The number of amides is 1. The van der Waals surface area contributed by atoms with Crippen LogP contribution in [0.2, 0.25) is 0 Å². The summed E-state index contributed by atoms with van der Waals surface area (Å²) in [5, 5.41) is 5.92. The Morgan fingerprint density at radius 1 is 0.889 bits per heavy atom. The summed E-state index contributed by atoms with van der Waals surface area (Å²) in [5.74, 6) is -0.484. The van der Waals surface area contributed by atoms with Crippen molar-refractivity contribution in [3.05, 3.63) is 73.1 Å². The Labute approximate surface area is 204 Å². The molecular weight excluding hydrogens is 474 g/mol. The Kier molecular flexibility index (Phi) is 6.44. The second kappa shape index (κ2) is 9.69. The highest BCUT2D eigenvalue weighted by Gasteiger charge is 2.32. The molecule has 1 saturated heterocycles. The molecule has 0 aliphatic carbocycles. The molecule has 2 aromatic heterocycles. The van der Waals surface area contributed by atoms with Crippen molar-refractivity contribution in [2.45, 2.75) is 12.7 Å². The number of pyridine rings is 1. The lowest BCUT2D eigenvalue weighted by molar-refractivity contribution is -0.151. The molecule has 2 aromatic carbocycles. The third-order valence-corrected chi connectivity index (χ3v) is 6.31. The molecule has 0 saturated carbocycles. The number of alkyl halides is 3. The van der Waals surface area contributed by atoms with Crippen LogP contribution in [0.4, 0.5) is 17.6 Å². The molecule has 3 heterocycles. The van der Waals surface area contributed by atoms with E-state index in [1.54, 1.807) is 35.8 Å². The second-order valence-electron chi connectivity index (χ2n) is 8.83. The van der Waals surface area contributed by atoms with Gasteiger partial charge in [0.1, 0.15) is 12.4 Å². The Bertz CT molecular complexity index is 1380. The molecule has 0 N–H and O–H groups in total. The molecule has 1 fully saturated rings. The first-order chi connectivity index (χ1) is 17.2. The zero-order valence-corrected chi connectivity index (χ0v) is 19.2. The molecule has 186 valence electrons. The minimum absolute atomic E-state index is 0.0234. The van der Waals surface area contributed by atoms with Crippen molar-refractivity contribution < 1.29 is 22.4 Å². The highest BCUT2D eigenvalue weighted by molar-refractivity contribution is 5.96. The smallest absolute Gasteiger partial charge is 0.339 e. The Morgan fingerprint density at radius 2 is 1.61 bits per heavy atom. The molecule has 1 aliphatic heterocycles. The summed E-state index contributed by atoms with van der Waals surface area (Å²) in [4.78, 5) is 19.7. The third kappa shape index (κ3) is 5.38. The van der Waals surface area contributed by atoms with Crippen LogP contribution in [0.15, 0.2) is 67.3 Å². The molecule has 0 unspecified atom stereocenters. The van der Waals surface area contributed by atoms with E-state index in [2.05, 4.69) is 10.1 Å². The molecule has 4 aromatic rings. The maximum Gasteiger partial charge on any atom is 0.401 e. The van der Waals surface area contributed by atoms with E-state index in [0.29, 0.717) is 0 Å². The van der Waals surface area contributed by atoms with E-state index < -0.39 is 12.7 Å². The lowest BCUT2D eigenvalue weighted by atomic mass is 9.99. The molecule has 5 rings (SSSR count). The standard InChI is InChI=1S/C26H23F4N5O/c27-22-5-6-23-20(11-22)12-31-14-24(23)19-3-1-18(2-4-19)21-13-32-35(15-21)16-25(36)34-9-7-33(8-10-34)17-26(28,29)30/h1-6,11-15H,7-10,16-17H2. The quantitative estimate of drug-likeness (QED) is 0.378. The van der Waals surface area contributed by atoms with Crippen molar-refractivity contribution >= 4 is 16.7 Å². The topological polar surface area (TPSA) is 54.3 Å². The highest BCUT2D eigenvalue weighted by Crippen LogP contribution is 2.30. The predicted octanol–water partition coefficient (Wildman–Crippen LogP) is 4.61. The van der Waals surface area contributed by atoms with Gasteiger partial charge in [0.15, 0.2) is 0 Å². The first-order valence-electron chi connectivity index (χ1n) is 11.5. The van der Waals surface area contributed by atoms with Crippen molar-refractivity contribution in [2.75, 3.05) is 32.7 Å². The van der Waals surface area contributed by atoms with Gasteiger partial charge in [-0.1, -0.05) is 30.3 Å². The molecule has 10 heteroatoms. The normalized spacial score (nSPS) is 14.9. The monoisotopic (exact) mass is 497 g/mol. The molecule has 1 aliphatic rings. The number of carbonyl (C=O) groups excluding carboxylic acids is 1. The Morgan fingerprint density at radius 3 is 2.33 bits per heavy atom. The van der Waals surface area contributed by atoms with Gasteiger partial charge in [0, 0.05) is 61.3 Å². The molecule has 0 radical (unpaired) electrons. The number of aromatic nitrogens is 3. The SMILES string of the molecule is O=C(Cn1cc(-c2ccc(-c3cncc4cc(F)ccc34)cc2)cn1)N1CCN(CC(F)(F)F)CC1. The van der Waals surface area contributed by atoms with E-state index >= 15 is 0 Å². The van der Waals surface area contributed by atoms with Crippen LogP contribution in [-0.2, 0) is 11.3 Å². The summed E-state index contributed by atoms with van der Waals surface area (Å²) in [5.41, 5.74) is 3.59. The Hall–Kier alpha value is -3.79. The molecule has 0 atom stereocenters. The number of piperazine rings is 1. The number of halogens is 4. The zero-order valence-electron chi connectivity index (χ0n) is 19.2. The van der Waals surface area contributed by atoms with Gasteiger partial charge in [-0.15, -0.1) is 0 Å². The van der Waals surface area contributed by atoms with Crippen LogP contribution in [-0.4, -0.2) is 69.4 Å². The summed E-state index contributed by atoms with van der Waals surface area (Å²) >= 11 is 0. The van der Waals surface area contributed by atoms with Crippen LogP contribution in [0.3, 0.4) is 0 Å². The fourth-order valence-corrected chi connectivity index (χ4v) is 4.47. The number of rotatable bonds is 5. The average Bonchev–Trinajstić information content (AvgIpc) is 3.31. The maximum absolute atomic E-state index is 13.6. The second-order valence-corrected chi connectivity index (χ2v) is 8.83. The highest BCUT2D eigenvalue weighted by atomic mass is 19.4. The molecule has 0 bridgehead atoms. The van der Waals surface area contributed by atoms with E-state index in [-0.39, 0.29) is 44.4 Å². The summed E-state index contributed by atoms with van der Waals surface area (Å²) in [7, 11) is 0. The van der Waals surface area contributed by atoms with Gasteiger partial charge in [0.2, 0.25) is 5.91 Å². The van der Waals surface area contributed by atoms with E-state index in [4.69, 9.17) is 0 Å². The molecular formula is C26H23F4N5O. The number of carbonyl (C=O) groups is 1. The van der Waals surface area contributed by atoms with E-state index in [0.717, 1.165) is 33.0 Å². The zero-order chi connectivity index (χ0) is 25.3. The van der Waals surface area contributed by atoms with Crippen molar-refractivity contribution in [1.82, 2.24) is 24.6 Å². The fraction of sp³-hybridized carbons (Fsp3) is 0.269. The van der Waals surface area contributed by atoms with Crippen molar-refractivity contribution in [3.63, 3.8) is 0 Å². The lowest BCUT2D eigenvalue weighted by Gasteiger charge is -2.35. The van der Waals surface area contributed by atoms with Gasteiger partial charge in [-0.3, -0.25) is 19.4 Å². The van der Waals surface area contributed by atoms with E-state index in [1.807, 2.05) is 24.3 Å². The van der Waals surface area contributed by atoms with Crippen LogP contribution in [0.5, 0.6) is 0 Å². The number of hydrogen-bond acceptors (Lipinski definition) is 4. The molecule has 1 amide bonds. The lowest BCUT2D eigenvalue weighted by Crippen LogP contribution is -2.51. The van der Waals surface area contributed by atoms with E-state index in [9.17, 15) is 22.4 Å². The number of fused-ring (bicyclic) bond motifs is 1. The number of hydrogen-bond donors (Lipinski definition) is 0. The van der Waals surface area contributed by atoms with Gasteiger partial charge in [-0.05, 0) is 28.6 Å². The van der Waals surface area contributed by atoms with Crippen LogP contribution in [0, 0.1) is 5.82 Å². The average molecular weight is 497 g/mol. The molecule has 36 heavy (non-hydrogen) atoms. The van der Waals surface area contributed by atoms with Gasteiger partial charge in [-0.2, -0.15) is 18.3 Å². The fourth-order valence-electron chi connectivity index (χ4n) is 4.47. The third-order valence-electron chi connectivity index (χ3n) is 6.31. The largest absolute Gasteiger partial charge is 0.401 e. The summed E-state index contributed by atoms with van der Waals surface area (Å²) in [6.45, 7) is -0.00590. The van der Waals surface area contributed by atoms with Crippen molar-refractivity contribution in [1.29, 1.82) is 0 Å². The molecule has 6 nitrogen and oxygen atoms in total. The van der Waals surface area contributed by atoms with Crippen molar-refractivity contribution in [2.24, 2.45) is 0 Å². The van der Waals surface area contributed by atoms with E-state index in [1.165, 1.54) is 21.7 Å². The summed E-state index contributed by atoms with van der Waals surface area (Å²) < 4.78 is 52.8. The van der Waals surface area contributed by atoms with Gasteiger partial charge in [0.25, 0.3) is 0 Å². The Balaban J connectivity index is 1.23. The maximum atomic E-state index is 13.6. The minimum Gasteiger partial charge on any atom is -0.339 e. The first-order valence-corrected chi connectivity index (χ1v) is 11.5. The predicted molar refractivity (Wildman–Crippen MR) is 127 cm³/mol. The van der Waals surface area contributed by atoms with Gasteiger partial charge >= 0.3 is 6.18 Å². The first kappa shape index (κ1) is 23.9. The van der Waals surface area contributed by atoms with Gasteiger partial charge in [-0.25, -0.2) is 4.39 Å². The van der Waals surface area contributed by atoms with Gasteiger partial charge < -0.3 is 4.90 Å². The van der Waals surface area contributed by atoms with Crippen LogP contribution < -0.4 is 0 Å². The van der Waals surface area contributed by atoms with Crippen LogP contribution in [0.1, 0.15) is 0 Å². The number of benzene rings is 2. The minimum atomic E-state index is -4.24. The van der Waals surface area contributed by atoms with Gasteiger partial charge in [0.05, 0.1) is 12.7 Å². The molecule has 0 spiro atoms. The summed E-state index contributed by atoms with van der Waals surface area (Å²) in [6.07, 6.45) is 2.60.